The van der Waals surface area contributed by atoms with Gasteiger partial charge in [0.05, 0.1) is 11.6 Å². The first kappa shape index (κ1) is 30.2. The van der Waals surface area contributed by atoms with E-state index in [0.29, 0.717) is 36.1 Å². The molecule has 0 fully saturated rings. The Labute approximate surface area is 229 Å². The van der Waals surface area contributed by atoms with E-state index in [4.69, 9.17) is 16.3 Å². The predicted octanol–water partition coefficient (Wildman–Crippen LogP) is 5.98. The highest BCUT2D eigenvalue weighted by Gasteiger charge is 2.56. The molecule has 0 unspecified atom stereocenters. The Bertz CT molecular complexity index is 1330. The summed E-state index contributed by atoms with van der Waals surface area (Å²) >= 11 is 6.35. The number of aromatic amines is 1. The number of benzene rings is 1. The first-order valence-corrected chi connectivity index (χ1v) is 12.9. The molecule has 3 aromatic rings. The number of hydrogen-bond donors (Lipinski definition) is 1. The minimum Gasteiger partial charge on any atom is -0.478 e. The van der Waals surface area contributed by atoms with Crippen LogP contribution in [0.5, 0.6) is 5.88 Å². The van der Waals surface area contributed by atoms with Crippen molar-refractivity contribution >= 4 is 17.4 Å². The second-order valence-electron chi connectivity index (χ2n) is 9.09. The number of ketones is 1. The number of nitrogens with zero attached hydrogens (tertiary/aromatic N) is 3. The normalized spacial score (nSPS) is 13.2. The van der Waals surface area contributed by atoms with E-state index in [9.17, 15) is 22.8 Å². The van der Waals surface area contributed by atoms with Crippen molar-refractivity contribution in [2.24, 2.45) is 0 Å². The molecule has 8 nitrogen and oxygen atoms in total. The number of aromatic nitrogens is 4. The van der Waals surface area contributed by atoms with Crippen LogP contribution in [-0.2, 0) is 16.0 Å². The quantitative estimate of drug-likeness (QED) is 0.254. The summed E-state index contributed by atoms with van der Waals surface area (Å²) in [5, 5.41) is 0.243. The Balaban J connectivity index is 1.78. The van der Waals surface area contributed by atoms with Crippen molar-refractivity contribution in [3.8, 4) is 28.7 Å². The molecule has 2 aromatic heterocycles. The number of rotatable bonds is 13. The Hall–Kier alpha value is -3.31. The highest BCUT2D eigenvalue weighted by Crippen LogP contribution is 2.35. The zero-order chi connectivity index (χ0) is 28.6. The van der Waals surface area contributed by atoms with E-state index >= 15 is 0 Å². The monoisotopic (exact) mass is 566 g/mol. The van der Waals surface area contributed by atoms with Crippen molar-refractivity contribution < 1.29 is 27.4 Å². The van der Waals surface area contributed by atoms with Gasteiger partial charge in [-0.1, -0.05) is 43.9 Å². The van der Waals surface area contributed by atoms with E-state index in [-0.39, 0.29) is 23.1 Å². The second-order valence-corrected chi connectivity index (χ2v) is 9.50. The minimum atomic E-state index is -4.85. The molecule has 0 amide bonds. The number of H-pyrrole nitrogens is 1. The fourth-order valence-corrected chi connectivity index (χ4v) is 3.94. The molecule has 0 saturated heterocycles. The summed E-state index contributed by atoms with van der Waals surface area (Å²) in [5.41, 5.74) is -2.26. The molecule has 2 heterocycles. The molecule has 3 rings (SSSR count). The van der Waals surface area contributed by atoms with Crippen LogP contribution in [0.25, 0.3) is 22.8 Å². The average molecular weight is 567 g/mol. The highest BCUT2D eigenvalue weighted by atomic mass is 35.5. The molecule has 210 valence electrons. The first-order valence-electron chi connectivity index (χ1n) is 12.5. The van der Waals surface area contributed by atoms with Crippen molar-refractivity contribution in [3.05, 3.63) is 57.6 Å². The number of carbonyl (C=O) groups is 1. The third kappa shape index (κ3) is 7.63. The number of ether oxygens (including phenoxy) is 2. The zero-order valence-corrected chi connectivity index (χ0v) is 22.7. The van der Waals surface area contributed by atoms with E-state index in [1.54, 1.807) is 24.3 Å². The second kappa shape index (κ2) is 13.2. The zero-order valence-electron chi connectivity index (χ0n) is 21.9. The molecule has 39 heavy (non-hydrogen) atoms. The van der Waals surface area contributed by atoms with Crippen LogP contribution in [0, 0.1) is 0 Å². The summed E-state index contributed by atoms with van der Waals surface area (Å²) in [6.07, 6.45) is 0.507. The van der Waals surface area contributed by atoms with Gasteiger partial charge in [0.1, 0.15) is 5.82 Å². The summed E-state index contributed by atoms with van der Waals surface area (Å²) in [6, 6.07) is 8.01. The van der Waals surface area contributed by atoms with Gasteiger partial charge in [-0.3, -0.25) is 9.78 Å². The number of Topliss-reactive ketones (excluding diaryl/α,β-unsaturated/α-hetero) is 1. The number of unbranched alkanes of at least 4 members (excludes halogenated alkanes) is 3. The van der Waals surface area contributed by atoms with Gasteiger partial charge in [0.15, 0.2) is 11.6 Å². The van der Waals surface area contributed by atoms with E-state index in [1.807, 2.05) is 0 Å². The fraction of sp³-hybridized carbons (Fsp3) is 0.444. The van der Waals surface area contributed by atoms with Gasteiger partial charge in [-0.15, -0.1) is 0 Å². The summed E-state index contributed by atoms with van der Waals surface area (Å²) in [6.45, 7) is 3.40. The van der Waals surface area contributed by atoms with Gasteiger partial charge < -0.3 is 9.47 Å². The fourth-order valence-electron chi connectivity index (χ4n) is 3.74. The number of carbonyl (C=O) groups excluding carboxylic acids is 1. The van der Waals surface area contributed by atoms with E-state index in [2.05, 4.69) is 31.6 Å². The lowest BCUT2D eigenvalue weighted by Gasteiger charge is -2.29. The van der Waals surface area contributed by atoms with Crippen LogP contribution in [-0.4, -0.2) is 51.2 Å². The predicted molar refractivity (Wildman–Crippen MR) is 141 cm³/mol. The van der Waals surface area contributed by atoms with Gasteiger partial charge in [0.2, 0.25) is 11.5 Å². The molecule has 0 saturated carbocycles. The molecule has 0 spiro atoms. The highest BCUT2D eigenvalue weighted by molar-refractivity contribution is 6.33. The molecular weight excluding hydrogens is 537 g/mol. The average Bonchev–Trinajstić information content (AvgIpc) is 2.91. The molecule has 0 aliphatic rings. The van der Waals surface area contributed by atoms with E-state index in [1.165, 1.54) is 12.3 Å². The maximum atomic E-state index is 13.3. The number of hydrogen-bond acceptors (Lipinski definition) is 7. The van der Waals surface area contributed by atoms with Gasteiger partial charge in [-0.2, -0.15) is 18.2 Å². The molecule has 1 aromatic carbocycles. The Morgan fingerprint density at radius 1 is 1.10 bits per heavy atom. The number of alkyl halides is 3. The van der Waals surface area contributed by atoms with Gasteiger partial charge in [0.25, 0.3) is 0 Å². The van der Waals surface area contributed by atoms with Crippen molar-refractivity contribution in [1.82, 2.24) is 19.9 Å². The van der Waals surface area contributed by atoms with Gasteiger partial charge in [-0.25, -0.2) is 14.8 Å². The van der Waals surface area contributed by atoms with Crippen LogP contribution in [0.1, 0.15) is 51.5 Å². The van der Waals surface area contributed by atoms with Gasteiger partial charge >= 0.3 is 11.9 Å². The molecule has 12 heteroatoms. The van der Waals surface area contributed by atoms with Crippen LogP contribution in [0.4, 0.5) is 13.2 Å². The largest absolute Gasteiger partial charge is 0.478 e. The molecule has 0 aliphatic carbocycles. The number of nitrogens with one attached hydrogen (secondary N) is 1. The van der Waals surface area contributed by atoms with Crippen LogP contribution < -0.4 is 10.4 Å². The lowest BCUT2D eigenvalue weighted by Crippen LogP contribution is -2.51. The molecule has 1 N–H and O–H groups in total. The Morgan fingerprint density at radius 2 is 1.87 bits per heavy atom. The van der Waals surface area contributed by atoms with Crippen LogP contribution in [0.2, 0.25) is 5.02 Å². The van der Waals surface area contributed by atoms with Crippen LogP contribution in [0.3, 0.4) is 0 Å². The summed E-state index contributed by atoms with van der Waals surface area (Å²) < 4.78 is 50.1. The van der Waals surface area contributed by atoms with Gasteiger partial charge in [-0.05, 0) is 43.5 Å². The van der Waals surface area contributed by atoms with Crippen LogP contribution >= 0.6 is 11.6 Å². The van der Waals surface area contributed by atoms with E-state index < -0.39 is 29.7 Å². The van der Waals surface area contributed by atoms with Crippen LogP contribution in [0.15, 0.2) is 41.3 Å². The topological polar surface area (TPSA) is 107 Å². The molecule has 1 atom stereocenters. The lowest BCUT2D eigenvalue weighted by molar-refractivity contribution is -0.252. The lowest BCUT2D eigenvalue weighted by atomic mass is 9.94. The first-order chi connectivity index (χ1) is 18.5. The maximum Gasteiger partial charge on any atom is 0.424 e. The molecule has 0 radical (unpaired) electrons. The van der Waals surface area contributed by atoms with Crippen molar-refractivity contribution in [3.63, 3.8) is 0 Å². The van der Waals surface area contributed by atoms with Gasteiger partial charge in [0, 0.05) is 36.9 Å². The van der Waals surface area contributed by atoms with E-state index in [0.717, 1.165) is 32.8 Å². The summed E-state index contributed by atoms with van der Waals surface area (Å²) in [5.74, 6) is -0.446. The number of methoxy groups -OCH3 is 1. The Morgan fingerprint density at radius 3 is 2.51 bits per heavy atom. The summed E-state index contributed by atoms with van der Waals surface area (Å²) in [4.78, 5) is 39.8. The van der Waals surface area contributed by atoms with Crippen molar-refractivity contribution in [2.75, 3.05) is 13.7 Å². The standard InChI is InChI=1S/C27H30ClF3N4O4/c1-4-5-6-7-14-39-22-13-10-18(16-32-22)23-33-24(35-25(37)34-23)19-15-17(8-11-20(19)28)9-12-21(36)26(2,38-3)27(29,30)31/h8,10-11,13,15-16H,4-7,9,12,14H2,1-3H3,(H,33,34,35,37)/t26-/m1/s1. The SMILES string of the molecule is CCCCCCOc1ccc(-c2nc(-c3cc(CCC(=O)[C@@](C)(OC)C(F)(F)F)ccc3Cl)[nH]c(=O)n2)cn1. The summed E-state index contributed by atoms with van der Waals surface area (Å²) in [7, 11) is 0.847. The smallest absolute Gasteiger partial charge is 0.424 e. The minimum absolute atomic E-state index is 0.00989. The number of halogens is 4. The maximum absolute atomic E-state index is 13.3. The third-order valence-electron chi connectivity index (χ3n) is 6.30. The third-order valence-corrected chi connectivity index (χ3v) is 6.63. The molecule has 0 aliphatic heterocycles. The number of aryl methyl sites for hydroxylation is 1. The van der Waals surface area contributed by atoms with Crippen molar-refractivity contribution in [2.45, 2.75) is 64.1 Å². The van der Waals surface area contributed by atoms with Crippen molar-refractivity contribution in [1.29, 1.82) is 0 Å². The molecular formula is C27H30ClF3N4O4. The number of pyridine rings is 1. The Kier molecular flexibility index (Phi) is 10.2. The molecule has 0 bridgehead atoms.